The monoisotopic (exact) mass is 407 g/mol. The molecule has 1 heterocycles. The van der Waals surface area contributed by atoms with Crippen molar-refractivity contribution in [1.82, 2.24) is 9.78 Å². The zero-order valence-electron chi connectivity index (χ0n) is 16.1. The highest BCUT2D eigenvalue weighted by atomic mass is 35.5. The van der Waals surface area contributed by atoms with Crippen molar-refractivity contribution in [2.75, 3.05) is 12.4 Å². The largest absolute Gasteiger partial charge is 0.465 e. The van der Waals surface area contributed by atoms with E-state index >= 15 is 0 Å². The van der Waals surface area contributed by atoms with E-state index in [1.807, 2.05) is 6.07 Å². The second-order valence-electron chi connectivity index (χ2n) is 6.23. The van der Waals surface area contributed by atoms with Gasteiger partial charge in [0.25, 0.3) is 5.91 Å². The van der Waals surface area contributed by atoms with Crippen LogP contribution in [0.15, 0.2) is 48.5 Å². The van der Waals surface area contributed by atoms with Gasteiger partial charge in [-0.15, -0.1) is 0 Å². The fourth-order valence-electron chi connectivity index (χ4n) is 2.74. The number of aryl methyl sites for hydroxylation is 2. The number of carbonyl (C=O) groups is 2. The van der Waals surface area contributed by atoms with Crippen molar-refractivity contribution in [3.8, 4) is 11.8 Å². The summed E-state index contributed by atoms with van der Waals surface area (Å²) in [6.45, 7) is 1.73. The molecule has 0 radical (unpaired) electrons. The summed E-state index contributed by atoms with van der Waals surface area (Å²) < 4.78 is 6.17. The first kappa shape index (κ1) is 20.2. The number of amides is 1. The van der Waals surface area contributed by atoms with Crippen molar-refractivity contribution >= 4 is 29.2 Å². The van der Waals surface area contributed by atoms with Crippen molar-refractivity contribution in [1.29, 1.82) is 0 Å². The smallest absolute Gasteiger partial charge is 0.337 e. The SMILES string of the molecule is COC(=O)c1cccc(C#Cc2cccc(NC(=O)c3c(C)nn(C)c3Cl)c2)c1. The van der Waals surface area contributed by atoms with E-state index in [4.69, 9.17) is 16.3 Å². The second kappa shape index (κ2) is 8.63. The zero-order valence-corrected chi connectivity index (χ0v) is 16.9. The van der Waals surface area contributed by atoms with Gasteiger partial charge in [0.15, 0.2) is 0 Å². The summed E-state index contributed by atoms with van der Waals surface area (Å²) in [5.74, 6) is 5.29. The molecule has 0 spiro atoms. The van der Waals surface area contributed by atoms with Gasteiger partial charge in [-0.2, -0.15) is 5.10 Å². The van der Waals surface area contributed by atoms with Gasteiger partial charge in [-0.05, 0) is 43.3 Å². The van der Waals surface area contributed by atoms with Gasteiger partial charge in [-0.25, -0.2) is 4.79 Å². The second-order valence-corrected chi connectivity index (χ2v) is 6.59. The zero-order chi connectivity index (χ0) is 21.0. The van der Waals surface area contributed by atoms with Crippen molar-refractivity contribution in [2.24, 2.45) is 7.05 Å². The van der Waals surface area contributed by atoms with E-state index in [2.05, 4.69) is 22.3 Å². The number of halogens is 1. The molecule has 0 saturated heterocycles. The average Bonchev–Trinajstić information content (AvgIpc) is 2.97. The Kier molecular flexibility index (Phi) is 6.01. The average molecular weight is 408 g/mol. The van der Waals surface area contributed by atoms with Crippen LogP contribution in [0, 0.1) is 18.8 Å². The molecule has 0 aliphatic rings. The Bertz CT molecular complexity index is 1160. The Balaban J connectivity index is 1.80. The number of nitrogens with zero attached hydrogens (tertiary/aromatic N) is 2. The Morgan fingerprint density at radius 1 is 1.10 bits per heavy atom. The number of benzene rings is 2. The van der Waals surface area contributed by atoms with Crippen molar-refractivity contribution < 1.29 is 14.3 Å². The summed E-state index contributed by atoms with van der Waals surface area (Å²) in [5, 5.41) is 7.24. The number of carbonyl (C=O) groups excluding carboxylic acids is 2. The fraction of sp³-hybridized carbons (Fsp3) is 0.136. The lowest BCUT2D eigenvalue weighted by molar-refractivity contribution is 0.0600. The normalized spacial score (nSPS) is 10.1. The minimum Gasteiger partial charge on any atom is -0.465 e. The first-order valence-corrected chi connectivity index (χ1v) is 9.07. The summed E-state index contributed by atoms with van der Waals surface area (Å²) in [4.78, 5) is 24.2. The molecule has 0 bridgehead atoms. The molecule has 0 fully saturated rings. The molecule has 2 aromatic carbocycles. The third-order valence-electron chi connectivity index (χ3n) is 4.13. The number of esters is 1. The highest BCUT2D eigenvalue weighted by Gasteiger charge is 2.19. The van der Waals surface area contributed by atoms with Gasteiger partial charge < -0.3 is 10.1 Å². The number of ether oxygens (including phenoxy) is 1. The van der Waals surface area contributed by atoms with Crippen LogP contribution in [0.25, 0.3) is 0 Å². The molecule has 1 amide bonds. The predicted molar refractivity (Wildman–Crippen MR) is 111 cm³/mol. The lowest BCUT2D eigenvalue weighted by Gasteiger charge is -2.05. The van der Waals surface area contributed by atoms with Crippen LogP contribution in [-0.2, 0) is 11.8 Å². The summed E-state index contributed by atoms with van der Waals surface area (Å²) in [6.07, 6.45) is 0. The van der Waals surface area contributed by atoms with E-state index in [1.165, 1.54) is 11.8 Å². The molecule has 0 atom stereocenters. The van der Waals surface area contributed by atoms with Gasteiger partial charge in [0.2, 0.25) is 0 Å². The molecule has 6 nitrogen and oxygen atoms in total. The van der Waals surface area contributed by atoms with Crippen LogP contribution in [0.3, 0.4) is 0 Å². The molecule has 0 unspecified atom stereocenters. The van der Waals surface area contributed by atoms with Gasteiger partial charge in [0.1, 0.15) is 5.15 Å². The molecule has 1 aromatic heterocycles. The van der Waals surface area contributed by atoms with Gasteiger partial charge in [0.05, 0.1) is 23.9 Å². The summed E-state index contributed by atoms with van der Waals surface area (Å²) in [7, 11) is 3.01. The van der Waals surface area contributed by atoms with E-state index in [1.54, 1.807) is 56.4 Å². The molecule has 0 aliphatic carbocycles. The number of hydrogen-bond acceptors (Lipinski definition) is 4. The Morgan fingerprint density at radius 2 is 1.76 bits per heavy atom. The van der Waals surface area contributed by atoms with E-state index in [0.717, 1.165) is 0 Å². The van der Waals surface area contributed by atoms with Crippen LogP contribution in [0.4, 0.5) is 5.69 Å². The van der Waals surface area contributed by atoms with Crippen LogP contribution < -0.4 is 5.32 Å². The molecule has 1 N–H and O–H groups in total. The maximum atomic E-state index is 12.6. The van der Waals surface area contributed by atoms with E-state index in [9.17, 15) is 9.59 Å². The Labute approximate surface area is 173 Å². The molecule has 0 saturated carbocycles. The van der Waals surface area contributed by atoms with Crippen molar-refractivity contribution in [3.05, 3.63) is 81.6 Å². The molecule has 146 valence electrons. The highest BCUT2D eigenvalue weighted by molar-refractivity contribution is 6.33. The minimum atomic E-state index is -0.414. The molecule has 0 aliphatic heterocycles. The predicted octanol–water partition coefficient (Wildman–Crippen LogP) is 3.82. The first-order chi connectivity index (χ1) is 13.9. The Hall–Kier alpha value is -3.56. The molecule has 3 aromatic rings. The minimum absolute atomic E-state index is 0.279. The van der Waals surface area contributed by atoms with Crippen LogP contribution in [0.1, 0.15) is 37.5 Å². The number of nitrogens with one attached hydrogen (secondary N) is 1. The first-order valence-electron chi connectivity index (χ1n) is 8.70. The third-order valence-corrected chi connectivity index (χ3v) is 4.57. The summed E-state index contributed by atoms with van der Waals surface area (Å²) in [5.41, 5.74) is 3.30. The van der Waals surface area contributed by atoms with E-state index in [0.29, 0.717) is 33.6 Å². The number of hydrogen-bond donors (Lipinski definition) is 1. The van der Waals surface area contributed by atoms with Crippen LogP contribution in [0.2, 0.25) is 5.15 Å². The van der Waals surface area contributed by atoms with Crippen LogP contribution in [-0.4, -0.2) is 28.8 Å². The maximum absolute atomic E-state index is 12.6. The highest BCUT2D eigenvalue weighted by Crippen LogP contribution is 2.20. The van der Waals surface area contributed by atoms with E-state index in [-0.39, 0.29) is 11.1 Å². The van der Waals surface area contributed by atoms with Gasteiger partial charge in [0, 0.05) is 23.9 Å². The number of aromatic nitrogens is 2. The molecule has 29 heavy (non-hydrogen) atoms. The van der Waals surface area contributed by atoms with Crippen LogP contribution in [0.5, 0.6) is 0 Å². The fourth-order valence-corrected chi connectivity index (χ4v) is 3.00. The number of rotatable bonds is 3. The van der Waals surface area contributed by atoms with Crippen molar-refractivity contribution in [3.63, 3.8) is 0 Å². The van der Waals surface area contributed by atoms with Gasteiger partial charge >= 0.3 is 5.97 Å². The van der Waals surface area contributed by atoms with Gasteiger partial charge in [-0.3, -0.25) is 9.48 Å². The summed E-state index contributed by atoms with van der Waals surface area (Å²) in [6, 6.07) is 14.0. The number of anilines is 1. The maximum Gasteiger partial charge on any atom is 0.337 e. The molecular weight excluding hydrogens is 390 g/mol. The molecule has 3 rings (SSSR count). The molecule has 7 heteroatoms. The summed E-state index contributed by atoms with van der Waals surface area (Å²) >= 11 is 6.15. The lowest BCUT2D eigenvalue weighted by Crippen LogP contribution is -2.13. The van der Waals surface area contributed by atoms with E-state index < -0.39 is 5.97 Å². The number of methoxy groups -OCH3 is 1. The van der Waals surface area contributed by atoms with Crippen LogP contribution >= 0.6 is 11.6 Å². The quantitative estimate of drug-likeness (QED) is 0.529. The lowest BCUT2D eigenvalue weighted by atomic mass is 10.1. The van der Waals surface area contributed by atoms with Crippen molar-refractivity contribution in [2.45, 2.75) is 6.92 Å². The Morgan fingerprint density at radius 3 is 2.38 bits per heavy atom. The third kappa shape index (κ3) is 4.65. The van der Waals surface area contributed by atoms with Gasteiger partial charge in [-0.1, -0.05) is 35.6 Å². The molecular formula is C22H18ClN3O3. The standard InChI is InChI=1S/C22H18ClN3O3/c1-14-19(20(23)26(2)25-14)21(27)24-18-9-5-7-16(13-18)11-10-15-6-4-8-17(12-15)22(28)29-3/h4-9,12-13H,1-3H3,(H,24,27). The topological polar surface area (TPSA) is 73.2 Å².